The molecule has 0 saturated carbocycles. The first-order valence-corrected chi connectivity index (χ1v) is 5.57. The number of hydrogen-bond acceptors (Lipinski definition) is 7. The first-order valence-electron chi connectivity index (χ1n) is 2.38. The van der Waals surface area contributed by atoms with Gasteiger partial charge in [-0.3, -0.25) is 0 Å². The molecule has 0 saturated heterocycles. The van der Waals surface area contributed by atoms with Gasteiger partial charge in [0.15, 0.2) is 0 Å². The van der Waals surface area contributed by atoms with Crippen LogP contribution < -0.4 is 19.6 Å². The monoisotopic (exact) mass is 384 g/mol. The first kappa shape index (κ1) is 42.9. The Labute approximate surface area is 118 Å². The second-order valence-electron chi connectivity index (χ2n) is 1.61. The van der Waals surface area contributed by atoms with Crippen LogP contribution in [0.5, 0.6) is 0 Å². The van der Waals surface area contributed by atoms with Gasteiger partial charge in [-0.1, -0.05) is 7.60 Å². The fourth-order valence-corrected chi connectivity index (χ4v) is 1.04. The van der Waals surface area contributed by atoms with Crippen LogP contribution in [0.4, 0.5) is 0 Å². The number of hydrogen-bond donors (Lipinski definition) is 0. The van der Waals surface area contributed by atoms with Crippen molar-refractivity contribution in [3.8, 4) is 0 Å². The molecular formula is C2H12Mn2O11P2. The predicted molar refractivity (Wildman–Crippen MR) is 40.5 cm³/mol. The molecule has 11 nitrogen and oxygen atoms in total. The van der Waals surface area contributed by atoms with E-state index in [1.54, 1.807) is 0 Å². The van der Waals surface area contributed by atoms with E-state index in [9.17, 15) is 28.7 Å². The summed E-state index contributed by atoms with van der Waals surface area (Å²) in [5.41, 5.74) is 0. The third-order valence-electron chi connectivity index (χ3n) is 0.615. The van der Waals surface area contributed by atoms with E-state index in [0.717, 1.165) is 0 Å². The van der Waals surface area contributed by atoms with Gasteiger partial charge in [-0.15, -0.1) is 0 Å². The van der Waals surface area contributed by atoms with Crippen molar-refractivity contribution in [3.05, 3.63) is 0 Å². The molecule has 0 aliphatic rings. The van der Waals surface area contributed by atoms with Crippen LogP contribution in [-0.4, -0.2) is 34.7 Å². The minimum Gasteiger partial charge on any atom is -0.811 e. The van der Waals surface area contributed by atoms with Gasteiger partial charge in [-0.05, 0) is 6.16 Å². The molecule has 0 aromatic carbocycles. The first-order chi connectivity index (χ1) is 4.71. The topological polar surface area (TPSA) is 262 Å². The van der Waals surface area contributed by atoms with Gasteiger partial charge < -0.3 is 55.1 Å². The van der Waals surface area contributed by atoms with Gasteiger partial charge in [0, 0.05) is 0 Å². The molecule has 8 N–H and O–H groups in total. The smallest absolute Gasteiger partial charge is 0.811 e. The van der Waals surface area contributed by atoms with E-state index in [0.29, 0.717) is 0 Å². The van der Waals surface area contributed by atoms with E-state index in [-0.39, 0.29) is 56.0 Å². The fourth-order valence-electron chi connectivity index (χ4n) is 0.264. The zero-order chi connectivity index (χ0) is 9.12. The third-order valence-corrected chi connectivity index (χ3v) is 1.84. The molecule has 0 aromatic rings. The fraction of sp³-hybridized carbons (Fsp3) is 1.00. The van der Waals surface area contributed by atoms with E-state index in [4.69, 9.17) is 0 Å². The van der Waals surface area contributed by atoms with E-state index >= 15 is 0 Å². The molecule has 0 bridgehead atoms. The van der Waals surface area contributed by atoms with Crippen molar-refractivity contribution in [1.82, 2.24) is 0 Å². The van der Waals surface area contributed by atoms with Gasteiger partial charge in [0.25, 0.3) is 0 Å². The maximum atomic E-state index is 9.82. The van der Waals surface area contributed by atoms with Gasteiger partial charge in [-0.2, -0.15) is 0 Å². The summed E-state index contributed by atoms with van der Waals surface area (Å²) in [6, 6.07) is 0. The van der Waals surface area contributed by atoms with E-state index in [1.807, 2.05) is 0 Å². The zero-order valence-electron chi connectivity index (χ0n) is 7.92. The summed E-state index contributed by atoms with van der Waals surface area (Å²) in [4.78, 5) is 39.0. The summed E-state index contributed by atoms with van der Waals surface area (Å²) in [5, 5.41) is 0. The Morgan fingerprint density at radius 1 is 0.824 bits per heavy atom. The Morgan fingerprint density at radius 2 is 1.12 bits per heavy atom. The van der Waals surface area contributed by atoms with Crippen LogP contribution in [-0.2, 0) is 47.8 Å². The summed E-state index contributed by atoms with van der Waals surface area (Å²) in [6.45, 7) is -0.908. The van der Waals surface area contributed by atoms with Gasteiger partial charge in [-0.25, -0.2) is 0 Å². The Kier molecular flexibility index (Phi) is 43.3. The van der Waals surface area contributed by atoms with Crippen LogP contribution >= 0.6 is 15.4 Å². The molecule has 2 radical (unpaired) electrons. The second kappa shape index (κ2) is 17.1. The molecule has 0 heterocycles. The van der Waals surface area contributed by atoms with E-state index in [2.05, 4.69) is 4.52 Å². The van der Waals surface area contributed by atoms with Crippen molar-refractivity contribution in [3.63, 3.8) is 0 Å². The number of rotatable bonds is 4. The molecule has 0 fully saturated rings. The maximum Gasteiger partial charge on any atom is 2.00 e. The van der Waals surface area contributed by atoms with Gasteiger partial charge in [0.2, 0.25) is 0 Å². The molecular weight excluding hydrogens is 372 g/mol. The zero-order valence-corrected chi connectivity index (χ0v) is 12.1. The largest absolute Gasteiger partial charge is 2.00 e. The molecule has 17 heavy (non-hydrogen) atoms. The normalized spacial score (nSPS) is 8.71. The number of phosphoric acid groups is 1. The quantitative estimate of drug-likeness (QED) is 0.333. The Hall–Kier alpha value is 1.14. The molecule has 110 valence electrons. The van der Waals surface area contributed by atoms with Crippen molar-refractivity contribution >= 4 is 15.4 Å². The molecule has 0 amide bonds. The Morgan fingerprint density at radius 3 is 1.29 bits per heavy atom. The van der Waals surface area contributed by atoms with Crippen LogP contribution in [0.25, 0.3) is 0 Å². The van der Waals surface area contributed by atoms with E-state index < -0.39 is 28.2 Å². The van der Waals surface area contributed by atoms with Crippen molar-refractivity contribution in [2.24, 2.45) is 0 Å². The van der Waals surface area contributed by atoms with Crippen molar-refractivity contribution in [2.75, 3.05) is 12.8 Å². The molecule has 0 unspecified atom stereocenters. The van der Waals surface area contributed by atoms with Crippen LogP contribution in [0.2, 0.25) is 0 Å². The molecule has 0 spiro atoms. The average Bonchev–Trinajstić information content (AvgIpc) is 1.55. The minimum atomic E-state index is -5.15. The molecule has 0 aliphatic carbocycles. The van der Waals surface area contributed by atoms with Crippen molar-refractivity contribution in [2.45, 2.75) is 0 Å². The third kappa shape index (κ3) is 47.0. The van der Waals surface area contributed by atoms with Gasteiger partial charge in [0.05, 0.1) is 14.4 Å². The predicted octanol–water partition coefficient (Wildman–Crippen LogP) is -6.56. The molecule has 15 heteroatoms. The molecule has 0 aromatic heterocycles. The van der Waals surface area contributed by atoms with Crippen LogP contribution in [0.1, 0.15) is 0 Å². The standard InChI is InChI=1S/C2H8O7P2.2Mn.4H2O/c3-10(4,5)2-1-9-11(6,7)8;;;;;;/h1-2H2,(H2,3,4,5)(H2,6,7,8);;;4*1H2/q;2*+2;;;;/p-4. The summed E-state index contributed by atoms with van der Waals surface area (Å²) < 4.78 is 23.0. The summed E-state index contributed by atoms with van der Waals surface area (Å²) in [5.74, 6) is 0. The molecule has 0 atom stereocenters. The summed E-state index contributed by atoms with van der Waals surface area (Å²) >= 11 is 0. The maximum absolute atomic E-state index is 9.82. The minimum absolute atomic E-state index is 0. The Balaban J connectivity index is -0.0000000333. The van der Waals surface area contributed by atoms with Crippen molar-refractivity contribution < 1.29 is 89.3 Å². The average molecular weight is 384 g/mol. The molecule has 0 rings (SSSR count). The van der Waals surface area contributed by atoms with Crippen LogP contribution in [0, 0.1) is 0 Å². The van der Waals surface area contributed by atoms with Crippen molar-refractivity contribution in [1.29, 1.82) is 0 Å². The summed E-state index contributed by atoms with van der Waals surface area (Å²) in [7, 11) is -9.93. The number of phosphoric ester groups is 1. The van der Waals surface area contributed by atoms with Crippen LogP contribution in [0.3, 0.4) is 0 Å². The van der Waals surface area contributed by atoms with Gasteiger partial charge >= 0.3 is 34.1 Å². The SMILES string of the molecule is O.O.O.O.O=P([O-])([O-])CCOP(=O)([O-])[O-].[Mn+2].[Mn+2]. The van der Waals surface area contributed by atoms with E-state index in [1.165, 1.54) is 0 Å². The second-order valence-corrected chi connectivity index (χ2v) is 4.44. The molecule has 0 aliphatic heterocycles. The van der Waals surface area contributed by atoms with Gasteiger partial charge in [0.1, 0.15) is 0 Å². The van der Waals surface area contributed by atoms with Crippen LogP contribution in [0.15, 0.2) is 0 Å². The summed E-state index contributed by atoms with van der Waals surface area (Å²) in [6.07, 6.45) is -0.999. The Bertz CT molecular complexity index is 188.